The second-order valence-electron chi connectivity index (χ2n) is 2.61. The van der Waals surface area contributed by atoms with Crippen molar-refractivity contribution >= 4 is 23.1 Å². The van der Waals surface area contributed by atoms with Crippen molar-refractivity contribution < 1.29 is 4.74 Å². The lowest BCUT2D eigenvalue weighted by molar-refractivity contribution is 0.402. The van der Waals surface area contributed by atoms with Crippen LogP contribution in [0.3, 0.4) is 0 Å². The SMILES string of the molecule is CCCNCc1snc(OC)c1Cl. The van der Waals surface area contributed by atoms with E-state index < -0.39 is 0 Å². The van der Waals surface area contributed by atoms with Crippen molar-refractivity contribution in [3.8, 4) is 5.88 Å². The maximum Gasteiger partial charge on any atom is 0.244 e. The minimum atomic E-state index is 0.528. The minimum Gasteiger partial charge on any atom is -0.479 e. The lowest BCUT2D eigenvalue weighted by atomic mass is 10.4. The molecule has 0 amide bonds. The zero-order valence-electron chi connectivity index (χ0n) is 7.76. The second-order valence-corrected chi connectivity index (χ2v) is 3.84. The van der Waals surface area contributed by atoms with Crippen molar-refractivity contribution in [1.82, 2.24) is 9.69 Å². The van der Waals surface area contributed by atoms with E-state index in [1.807, 2.05) is 0 Å². The molecule has 0 spiro atoms. The number of hydrogen-bond acceptors (Lipinski definition) is 4. The van der Waals surface area contributed by atoms with Crippen LogP contribution < -0.4 is 10.1 Å². The molecule has 0 aliphatic heterocycles. The second kappa shape index (κ2) is 5.42. The Hall–Kier alpha value is -0.320. The number of hydrogen-bond donors (Lipinski definition) is 1. The van der Waals surface area contributed by atoms with Gasteiger partial charge in [0.15, 0.2) is 0 Å². The molecule has 5 heteroatoms. The summed E-state index contributed by atoms with van der Waals surface area (Å²) in [7, 11) is 1.57. The lowest BCUT2D eigenvalue weighted by Gasteiger charge is -1.99. The van der Waals surface area contributed by atoms with E-state index in [4.69, 9.17) is 16.3 Å². The van der Waals surface area contributed by atoms with Crippen LogP contribution >= 0.6 is 23.1 Å². The number of ether oxygens (including phenoxy) is 1. The van der Waals surface area contributed by atoms with E-state index in [-0.39, 0.29) is 0 Å². The highest BCUT2D eigenvalue weighted by Gasteiger charge is 2.10. The van der Waals surface area contributed by atoms with Crippen molar-refractivity contribution in [1.29, 1.82) is 0 Å². The van der Waals surface area contributed by atoms with Crippen LogP contribution in [0.1, 0.15) is 18.2 Å². The summed E-state index contributed by atoms with van der Waals surface area (Å²) in [4.78, 5) is 1.03. The first-order valence-electron chi connectivity index (χ1n) is 4.18. The molecular formula is C8H13ClN2OS. The number of rotatable bonds is 5. The van der Waals surface area contributed by atoms with E-state index >= 15 is 0 Å². The summed E-state index contributed by atoms with van der Waals surface area (Å²) >= 11 is 7.37. The van der Waals surface area contributed by atoms with Crippen LogP contribution in [0.25, 0.3) is 0 Å². The molecule has 0 bridgehead atoms. The molecule has 0 aromatic carbocycles. The molecule has 1 heterocycles. The van der Waals surface area contributed by atoms with Crippen LogP contribution in [0.5, 0.6) is 5.88 Å². The molecular weight excluding hydrogens is 208 g/mol. The topological polar surface area (TPSA) is 34.2 Å². The number of methoxy groups -OCH3 is 1. The van der Waals surface area contributed by atoms with Crippen molar-refractivity contribution in [3.05, 3.63) is 9.90 Å². The predicted octanol–water partition coefficient (Wildman–Crippen LogP) is 2.30. The van der Waals surface area contributed by atoms with Crippen molar-refractivity contribution in [3.63, 3.8) is 0 Å². The van der Waals surface area contributed by atoms with Gasteiger partial charge in [0.2, 0.25) is 5.88 Å². The Morgan fingerprint density at radius 2 is 2.38 bits per heavy atom. The van der Waals surface area contributed by atoms with Gasteiger partial charge in [-0.25, -0.2) is 0 Å². The smallest absolute Gasteiger partial charge is 0.244 e. The van der Waals surface area contributed by atoms with E-state index in [1.54, 1.807) is 7.11 Å². The summed E-state index contributed by atoms with van der Waals surface area (Å²) in [6.07, 6.45) is 1.12. The molecule has 1 N–H and O–H groups in total. The largest absolute Gasteiger partial charge is 0.479 e. The highest BCUT2D eigenvalue weighted by Crippen LogP contribution is 2.30. The van der Waals surface area contributed by atoms with Crippen LogP contribution in [0.4, 0.5) is 0 Å². The fraction of sp³-hybridized carbons (Fsp3) is 0.625. The number of nitrogens with zero attached hydrogens (tertiary/aromatic N) is 1. The van der Waals surface area contributed by atoms with Gasteiger partial charge in [-0.3, -0.25) is 0 Å². The molecule has 0 aliphatic rings. The molecule has 0 unspecified atom stereocenters. The van der Waals surface area contributed by atoms with E-state index in [1.165, 1.54) is 11.5 Å². The Kier molecular flexibility index (Phi) is 4.48. The van der Waals surface area contributed by atoms with Gasteiger partial charge >= 0.3 is 0 Å². The molecule has 74 valence electrons. The summed E-state index contributed by atoms with van der Waals surface area (Å²) in [5.41, 5.74) is 0. The molecule has 0 atom stereocenters. The molecule has 0 radical (unpaired) electrons. The van der Waals surface area contributed by atoms with Gasteiger partial charge in [0, 0.05) is 6.54 Å². The standard InChI is InChI=1S/C8H13ClN2OS/c1-3-4-10-5-6-7(9)8(12-2)11-13-6/h10H,3-5H2,1-2H3. The first kappa shape index (κ1) is 10.8. The van der Waals surface area contributed by atoms with Crippen LogP contribution in [0.15, 0.2) is 0 Å². The van der Waals surface area contributed by atoms with E-state index in [2.05, 4.69) is 16.6 Å². The Bertz CT molecular complexity index is 265. The van der Waals surface area contributed by atoms with E-state index in [0.717, 1.165) is 24.4 Å². The van der Waals surface area contributed by atoms with Gasteiger partial charge in [-0.2, -0.15) is 4.37 Å². The maximum atomic E-state index is 5.99. The first-order chi connectivity index (χ1) is 6.29. The van der Waals surface area contributed by atoms with Gasteiger partial charge in [0.05, 0.1) is 12.0 Å². The van der Waals surface area contributed by atoms with Crippen molar-refractivity contribution in [2.75, 3.05) is 13.7 Å². The molecule has 0 saturated heterocycles. The number of aromatic nitrogens is 1. The van der Waals surface area contributed by atoms with Gasteiger partial charge in [0.25, 0.3) is 0 Å². The van der Waals surface area contributed by atoms with Crippen molar-refractivity contribution in [2.45, 2.75) is 19.9 Å². The van der Waals surface area contributed by atoms with Gasteiger partial charge < -0.3 is 10.1 Å². The maximum absolute atomic E-state index is 5.99. The van der Waals surface area contributed by atoms with Gasteiger partial charge in [-0.05, 0) is 24.5 Å². The first-order valence-corrected chi connectivity index (χ1v) is 5.33. The van der Waals surface area contributed by atoms with Gasteiger partial charge in [-0.15, -0.1) is 0 Å². The Morgan fingerprint density at radius 3 is 2.92 bits per heavy atom. The van der Waals surface area contributed by atoms with Crippen LogP contribution in [-0.2, 0) is 6.54 Å². The van der Waals surface area contributed by atoms with Crippen LogP contribution in [0, 0.1) is 0 Å². The van der Waals surface area contributed by atoms with Gasteiger partial charge in [-0.1, -0.05) is 18.5 Å². The summed E-state index contributed by atoms with van der Waals surface area (Å²) in [6.45, 7) is 3.89. The summed E-state index contributed by atoms with van der Waals surface area (Å²) < 4.78 is 9.03. The number of nitrogens with one attached hydrogen (secondary N) is 1. The molecule has 1 aromatic heterocycles. The monoisotopic (exact) mass is 220 g/mol. The summed E-state index contributed by atoms with van der Waals surface area (Å²) in [5, 5.41) is 3.90. The predicted molar refractivity (Wildman–Crippen MR) is 55.7 cm³/mol. The molecule has 1 aromatic rings. The fourth-order valence-corrected chi connectivity index (χ4v) is 1.94. The highest BCUT2D eigenvalue weighted by molar-refractivity contribution is 7.06. The zero-order chi connectivity index (χ0) is 9.68. The normalized spacial score (nSPS) is 10.4. The summed E-state index contributed by atoms with van der Waals surface area (Å²) in [5.74, 6) is 0.528. The Balaban J connectivity index is 2.51. The number of halogens is 1. The molecule has 3 nitrogen and oxygen atoms in total. The zero-order valence-corrected chi connectivity index (χ0v) is 9.34. The molecule has 1 rings (SSSR count). The summed E-state index contributed by atoms with van der Waals surface area (Å²) in [6, 6.07) is 0. The van der Waals surface area contributed by atoms with Crippen molar-refractivity contribution in [2.24, 2.45) is 0 Å². The lowest BCUT2D eigenvalue weighted by Crippen LogP contribution is -2.12. The third-order valence-electron chi connectivity index (χ3n) is 1.58. The molecule has 0 fully saturated rings. The Morgan fingerprint density at radius 1 is 1.62 bits per heavy atom. The van der Waals surface area contributed by atoms with E-state index in [9.17, 15) is 0 Å². The minimum absolute atomic E-state index is 0.528. The average Bonchev–Trinajstić information content (AvgIpc) is 2.48. The highest BCUT2D eigenvalue weighted by atomic mass is 35.5. The molecule has 13 heavy (non-hydrogen) atoms. The average molecular weight is 221 g/mol. The van der Waals surface area contributed by atoms with Crippen LogP contribution in [-0.4, -0.2) is 18.0 Å². The molecule has 0 aliphatic carbocycles. The Labute approximate surface area is 87.2 Å². The third-order valence-corrected chi connectivity index (χ3v) is 2.90. The van der Waals surface area contributed by atoms with E-state index in [0.29, 0.717) is 10.9 Å². The molecule has 0 saturated carbocycles. The van der Waals surface area contributed by atoms with Crippen LogP contribution in [0.2, 0.25) is 5.02 Å². The fourth-order valence-electron chi connectivity index (χ4n) is 0.911. The van der Waals surface area contributed by atoms with Gasteiger partial charge in [0.1, 0.15) is 5.02 Å². The quantitative estimate of drug-likeness (QED) is 0.774. The third kappa shape index (κ3) is 2.83.